The molecule has 1 aliphatic carbocycles. The monoisotopic (exact) mass is 301 g/mol. The van der Waals surface area contributed by atoms with Gasteiger partial charge in [0.05, 0.1) is 0 Å². The van der Waals surface area contributed by atoms with Crippen LogP contribution >= 0.6 is 0 Å². The summed E-state index contributed by atoms with van der Waals surface area (Å²) in [5, 5.41) is 3.35. The second-order valence-corrected chi connectivity index (χ2v) is 6.23. The van der Waals surface area contributed by atoms with E-state index in [0.29, 0.717) is 17.5 Å². The van der Waals surface area contributed by atoms with Crippen molar-refractivity contribution in [2.24, 2.45) is 11.7 Å². The number of carbonyl (C=O) groups excluding carboxylic acids is 2. The van der Waals surface area contributed by atoms with Crippen LogP contribution in [0.25, 0.3) is 0 Å². The number of nitrogens with one attached hydrogen (secondary N) is 1. The summed E-state index contributed by atoms with van der Waals surface area (Å²) < 4.78 is 0. The third-order valence-corrected chi connectivity index (χ3v) is 4.84. The van der Waals surface area contributed by atoms with Gasteiger partial charge in [-0.25, -0.2) is 0 Å². The number of piperazine rings is 1. The molecule has 1 saturated carbocycles. The Kier molecular flexibility index (Phi) is 4.16. The normalized spacial score (nSPS) is 27.5. The zero-order chi connectivity index (χ0) is 15.7. The minimum atomic E-state index is -0.415. The van der Waals surface area contributed by atoms with Gasteiger partial charge in [0.15, 0.2) is 0 Å². The maximum absolute atomic E-state index is 12.7. The minimum absolute atomic E-state index is 0.103. The maximum Gasteiger partial charge on any atom is 0.248 e. The highest BCUT2D eigenvalue weighted by Gasteiger charge is 2.46. The van der Waals surface area contributed by atoms with E-state index in [1.165, 1.54) is 0 Å². The molecule has 1 aromatic carbocycles. The quantitative estimate of drug-likeness (QED) is 0.874. The van der Waals surface area contributed by atoms with Crippen LogP contribution in [-0.4, -0.2) is 42.4 Å². The molecule has 118 valence electrons. The Hall–Kier alpha value is -1.88. The van der Waals surface area contributed by atoms with E-state index in [1.54, 1.807) is 12.1 Å². The zero-order valence-electron chi connectivity index (χ0n) is 12.9. The summed E-state index contributed by atoms with van der Waals surface area (Å²) in [5.74, 6) is 0.271. The fourth-order valence-corrected chi connectivity index (χ4v) is 3.36. The first-order valence-electron chi connectivity index (χ1n) is 8.02. The highest BCUT2D eigenvalue weighted by atomic mass is 16.2. The fraction of sp³-hybridized carbons (Fsp3) is 0.529. The smallest absolute Gasteiger partial charge is 0.248 e. The van der Waals surface area contributed by atoms with Crippen LogP contribution in [0.1, 0.15) is 41.6 Å². The molecule has 0 radical (unpaired) electrons. The molecule has 0 aromatic heterocycles. The standard InChI is InChI=1S/C17H23N3O2/c1-2-13-10-19-7-8-20(13)17(22)15-9-14(15)11-3-5-12(6-4-11)16(18)21/h3-6,13-15,19H,2,7-10H2,1H3,(H2,18,21)/t13-,14-,15+/m1/s1. The molecule has 1 aliphatic heterocycles. The van der Waals surface area contributed by atoms with Crippen LogP contribution in [0.3, 0.4) is 0 Å². The molecular formula is C17H23N3O2. The number of rotatable bonds is 4. The summed E-state index contributed by atoms with van der Waals surface area (Å²) in [7, 11) is 0. The number of hydrogen-bond acceptors (Lipinski definition) is 3. The van der Waals surface area contributed by atoms with Crippen molar-refractivity contribution in [3.8, 4) is 0 Å². The van der Waals surface area contributed by atoms with E-state index in [4.69, 9.17) is 5.73 Å². The largest absolute Gasteiger partial charge is 0.366 e. The summed E-state index contributed by atoms with van der Waals surface area (Å²) >= 11 is 0. The number of amides is 2. The van der Waals surface area contributed by atoms with E-state index < -0.39 is 5.91 Å². The molecule has 2 fully saturated rings. The van der Waals surface area contributed by atoms with E-state index in [2.05, 4.69) is 17.1 Å². The molecule has 22 heavy (non-hydrogen) atoms. The molecule has 1 heterocycles. The van der Waals surface area contributed by atoms with Crippen molar-refractivity contribution in [1.82, 2.24) is 10.2 Å². The van der Waals surface area contributed by atoms with Gasteiger partial charge < -0.3 is 16.0 Å². The summed E-state index contributed by atoms with van der Waals surface area (Å²) in [6, 6.07) is 7.66. The Balaban J connectivity index is 1.65. The van der Waals surface area contributed by atoms with Gasteiger partial charge in [0.2, 0.25) is 11.8 Å². The summed E-state index contributed by atoms with van der Waals surface area (Å²) in [6.45, 7) is 4.71. The first kappa shape index (κ1) is 15.0. The Bertz CT molecular complexity index is 570. The SMILES string of the molecule is CC[C@@H]1CNCCN1C(=O)[C@H]1C[C@@H]1c1ccc(C(N)=O)cc1. The number of carbonyl (C=O) groups is 2. The highest BCUT2D eigenvalue weighted by molar-refractivity contribution is 5.92. The molecule has 0 unspecified atom stereocenters. The van der Waals surface area contributed by atoms with E-state index in [0.717, 1.165) is 38.0 Å². The molecule has 2 amide bonds. The van der Waals surface area contributed by atoms with Crippen molar-refractivity contribution in [1.29, 1.82) is 0 Å². The topological polar surface area (TPSA) is 75.4 Å². The molecule has 0 bridgehead atoms. The maximum atomic E-state index is 12.7. The van der Waals surface area contributed by atoms with Crippen LogP contribution in [0.4, 0.5) is 0 Å². The Labute approximate surface area is 130 Å². The average Bonchev–Trinajstić information content (AvgIpc) is 3.35. The van der Waals surface area contributed by atoms with Gasteiger partial charge in [0.25, 0.3) is 0 Å². The second kappa shape index (κ2) is 6.08. The lowest BCUT2D eigenvalue weighted by atomic mass is 10.0. The zero-order valence-corrected chi connectivity index (χ0v) is 12.9. The lowest BCUT2D eigenvalue weighted by Crippen LogP contribution is -2.53. The third-order valence-electron chi connectivity index (χ3n) is 4.84. The van der Waals surface area contributed by atoms with Crippen molar-refractivity contribution in [3.05, 3.63) is 35.4 Å². The van der Waals surface area contributed by atoms with Crippen LogP contribution in [0.15, 0.2) is 24.3 Å². The molecule has 5 nitrogen and oxygen atoms in total. The molecule has 2 aliphatic rings. The Morgan fingerprint density at radius 3 is 2.68 bits per heavy atom. The summed E-state index contributed by atoms with van der Waals surface area (Å²) in [5.41, 5.74) is 6.90. The molecule has 0 spiro atoms. The van der Waals surface area contributed by atoms with Gasteiger partial charge in [0.1, 0.15) is 0 Å². The van der Waals surface area contributed by atoms with Crippen LogP contribution in [0, 0.1) is 5.92 Å². The van der Waals surface area contributed by atoms with Gasteiger partial charge in [-0.3, -0.25) is 9.59 Å². The second-order valence-electron chi connectivity index (χ2n) is 6.23. The van der Waals surface area contributed by atoms with E-state index >= 15 is 0 Å². The minimum Gasteiger partial charge on any atom is -0.366 e. The molecule has 1 aromatic rings. The predicted molar refractivity (Wildman–Crippen MR) is 84.5 cm³/mol. The van der Waals surface area contributed by atoms with Gasteiger partial charge in [-0.1, -0.05) is 19.1 Å². The number of hydrogen-bond donors (Lipinski definition) is 2. The van der Waals surface area contributed by atoms with Gasteiger partial charge >= 0.3 is 0 Å². The Morgan fingerprint density at radius 2 is 2.05 bits per heavy atom. The van der Waals surface area contributed by atoms with Crippen molar-refractivity contribution < 1.29 is 9.59 Å². The van der Waals surface area contributed by atoms with Crippen molar-refractivity contribution >= 4 is 11.8 Å². The number of nitrogens with zero attached hydrogens (tertiary/aromatic N) is 1. The van der Waals surface area contributed by atoms with E-state index in [-0.39, 0.29) is 11.8 Å². The molecule has 3 atom stereocenters. The van der Waals surface area contributed by atoms with E-state index in [9.17, 15) is 9.59 Å². The highest BCUT2D eigenvalue weighted by Crippen LogP contribution is 2.48. The third kappa shape index (κ3) is 2.86. The molecule has 5 heteroatoms. The van der Waals surface area contributed by atoms with Crippen LogP contribution < -0.4 is 11.1 Å². The predicted octanol–water partition coefficient (Wildman–Crippen LogP) is 1.10. The van der Waals surface area contributed by atoms with Gasteiger partial charge in [0, 0.05) is 37.2 Å². The first-order valence-corrected chi connectivity index (χ1v) is 8.02. The number of primary amides is 1. The number of benzene rings is 1. The average molecular weight is 301 g/mol. The lowest BCUT2D eigenvalue weighted by Gasteiger charge is -2.36. The van der Waals surface area contributed by atoms with Crippen molar-refractivity contribution in [3.63, 3.8) is 0 Å². The first-order chi connectivity index (χ1) is 10.6. The Morgan fingerprint density at radius 1 is 1.32 bits per heavy atom. The van der Waals surface area contributed by atoms with Gasteiger partial charge in [-0.05, 0) is 36.5 Å². The lowest BCUT2D eigenvalue weighted by molar-refractivity contribution is -0.135. The van der Waals surface area contributed by atoms with Crippen molar-refractivity contribution in [2.45, 2.75) is 31.7 Å². The van der Waals surface area contributed by atoms with Crippen molar-refractivity contribution in [2.75, 3.05) is 19.6 Å². The summed E-state index contributed by atoms with van der Waals surface area (Å²) in [6.07, 6.45) is 1.90. The molecular weight excluding hydrogens is 278 g/mol. The summed E-state index contributed by atoms with van der Waals surface area (Å²) in [4.78, 5) is 25.9. The molecule has 1 saturated heterocycles. The fourth-order valence-electron chi connectivity index (χ4n) is 3.36. The van der Waals surface area contributed by atoms with Crippen LogP contribution in [0.2, 0.25) is 0 Å². The van der Waals surface area contributed by atoms with Gasteiger partial charge in [-0.15, -0.1) is 0 Å². The van der Waals surface area contributed by atoms with Crippen LogP contribution in [0.5, 0.6) is 0 Å². The molecule has 3 rings (SSSR count). The molecule has 3 N–H and O–H groups in total. The van der Waals surface area contributed by atoms with Crippen LogP contribution in [-0.2, 0) is 4.79 Å². The van der Waals surface area contributed by atoms with Gasteiger partial charge in [-0.2, -0.15) is 0 Å². The number of nitrogens with two attached hydrogens (primary N) is 1. The van der Waals surface area contributed by atoms with E-state index in [1.807, 2.05) is 12.1 Å².